The number of unbranched alkanes of at least 4 members (excludes halogenated alkanes) is 4. The predicted octanol–water partition coefficient (Wildman–Crippen LogP) is 6.37. The highest BCUT2D eigenvalue weighted by Gasteiger charge is 2.58. The average Bonchev–Trinajstić information content (AvgIpc) is 3.22. The van der Waals surface area contributed by atoms with Gasteiger partial charge in [0, 0.05) is 23.9 Å². The molecule has 0 saturated carbocycles. The van der Waals surface area contributed by atoms with Gasteiger partial charge in [-0.05, 0) is 70.5 Å². The van der Waals surface area contributed by atoms with Gasteiger partial charge >= 0.3 is 6.09 Å². The molecule has 214 valence electrons. The lowest BCUT2D eigenvalue weighted by Gasteiger charge is -2.32. The van der Waals surface area contributed by atoms with Crippen molar-refractivity contribution in [3.8, 4) is 0 Å². The molecule has 0 aromatic heterocycles. The van der Waals surface area contributed by atoms with Crippen LogP contribution in [0, 0.1) is 0 Å². The number of rotatable bonds is 12. The molecule has 3 aliphatic heterocycles. The molecule has 1 N–H and O–H groups in total. The van der Waals surface area contributed by atoms with Crippen molar-refractivity contribution in [3.05, 3.63) is 29.3 Å². The first kappa shape index (κ1) is 29.6. The van der Waals surface area contributed by atoms with Crippen LogP contribution >= 0.6 is 11.6 Å². The van der Waals surface area contributed by atoms with Gasteiger partial charge in [-0.25, -0.2) is 4.79 Å². The lowest BCUT2D eigenvalue weighted by Crippen LogP contribution is -2.48. The molecule has 1 unspecified atom stereocenters. The summed E-state index contributed by atoms with van der Waals surface area (Å²) in [6.45, 7) is 9.13. The van der Waals surface area contributed by atoms with E-state index >= 15 is 0 Å². The molecular formula is C29H45ClN2O6. The average molecular weight is 553 g/mol. The van der Waals surface area contributed by atoms with Crippen LogP contribution < -0.4 is 5.32 Å². The maximum atomic E-state index is 13.0. The molecule has 3 aliphatic rings. The molecule has 8 nitrogen and oxygen atoms in total. The fourth-order valence-electron chi connectivity index (χ4n) is 5.53. The lowest BCUT2D eigenvalue weighted by molar-refractivity contribution is -0.243. The van der Waals surface area contributed by atoms with Crippen molar-refractivity contribution >= 4 is 23.4 Å². The molecule has 0 spiro atoms. The highest BCUT2D eigenvalue weighted by molar-refractivity contribution is 6.30. The Bertz CT molecular complexity index is 861. The number of amides is 1. The Kier molecular flexibility index (Phi) is 11.1. The van der Waals surface area contributed by atoms with Gasteiger partial charge in [0.2, 0.25) is 0 Å². The van der Waals surface area contributed by atoms with Gasteiger partial charge in [0.1, 0.15) is 24.4 Å². The molecular weight excluding hydrogens is 508 g/mol. The minimum absolute atomic E-state index is 0.375. The molecule has 1 aromatic rings. The third-order valence-electron chi connectivity index (χ3n) is 7.43. The monoisotopic (exact) mass is 552 g/mol. The quantitative estimate of drug-likeness (QED) is 0.302. The number of likely N-dealkylation sites (tertiary alicyclic amines) is 1. The van der Waals surface area contributed by atoms with Gasteiger partial charge in [-0.2, -0.15) is 0 Å². The molecule has 1 aromatic carbocycles. The maximum absolute atomic E-state index is 13.0. The van der Waals surface area contributed by atoms with Crippen LogP contribution in [-0.4, -0.2) is 73.7 Å². The molecule has 0 aliphatic carbocycles. The van der Waals surface area contributed by atoms with E-state index in [9.17, 15) is 4.79 Å². The standard InChI is InChI=1S/C29H45ClN2O6/c1-4-5-6-9-12-19-34-27-26-25(37-29(2,3)38-26)24(36-27)23(20-32-17-10-7-8-11-18-32)35-28(33)31-22-15-13-21(30)14-16-22/h13-16,23-27H,4-12,17-20H2,1-3H3,(H,31,33)/t23?,24-,25+,26+,27+/m1/s1. The van der Waals surface area contributed by atoms with E-state index in [0.717, 1.165) is 38.8 Å². The van der Waals surface area contributed by atoms with Crippen LogP contribution in [0.5, 0.6) is 0 Å². The fraction of sp³-hybridized carbons (Fsp3) is 0.759. The summed E-state index contributed by atoms with van der Waals surface area (Å²) in [6, 6.07) is 6.95. The van der Waals surface area contributed by atoms with Crippen molar-refractivity contribution in [2.24, 2.45) is 0 Å². The summed E-state index contributed by atoms with van der Waals surface area (Å²) in [5, 5.41) is 3.42. The van der Waals surface area contributed by atoms with E-state index in [-0.39, 0.29) is 6.10 Å². The number of anilines is 1. The fourth-order valence-corrected chi connectivity index (χ4v) is 5.66. The summed E-state index contributed by atoms with van der Waals surface area (Å²) in [6.07, 6.45) is 7.56. The second-order valence-electron chi connectivity index (χ2n) is 11.1. The van der Waals surface area contributed by atoms with Gasteiger partial charge in [-0.15, -0.1) is 0 Å². The zero-order valence-electron chi connectivity index (χ0n) is 23.2. The summed E-state index contributed by atoms with van der Waals surface area (Å²) in [7, 11) is 0. The van der Waals surface area contributed by atoms with E-state index in [1.807, 2.05) is 13.8 Å². The van der Waals surface area contributed by atoms with Crippen LogP contribution in [0.2, 0.25) is 5.02 Å². The molecule has 0 radical (unpaired) electrons. The van der Waals surface area contributed by atoms with Crippen LogP contribution in [0.15, 0.2) is 24.3 Å². The molecule has 5 atom stereocenters. The second-order valence-corrected chi connectivity index (χ2v) is 11.5. The minimum atomic E-state index is -0.765. The van der Waals surface area contributed by atoms with E-state index in [1.54, 1.807) is 24.3 Å². The van der Waals surface area contributed by atoms with Crippen LogP contribution in [0.1, 0.15) is 78.6 Å². The van der Waals surface area contributed by atoms with E-state index in [1.165, 1.54) is 32.1 Å². The number of benzene rings is 1. The predicted molar refractivity (Wildman–Crippen MR) is 147 cm³/mol. The lowest BCUT2D eigenvalue weighted by atomic mass is 10.0. The summed E-state index contributed by atoms with van der Waals surface area (Å²) >= 11 is 5.99. The number of halogens is 1. The van der Waals surface area contributed by atoms with E-state index in [0.29, 0.717) is 23.9 Å². The highest BCUT2D eigenvalue weighted by atomic mass is 35.5. The Labute approximate surface area is 232 Å². The maximum Gasteiger partial charge on any atom is 0.412 e. The molecule has 0 bridgehead atoms. The van der Waals surface area contributed by atoms with Gasteiger partial charge in [0.05, 0.1) is 0 Å². The van der Waals surface area contributed by atoms with Crippen LogP contribution in [0.25, 0.3) is 0 Å². The van der Waals surface area contributed by atoms with Crippen molar-refractivity contribution in [3.63, 3.8) is 0 Å². The number of hydrogen-bond donors (Lipinski definition) is 1. The summed E-state index contributed by atoms with van der Waals surface area (Å²) in [5.74, 6) is -0.765. The number of fused-ring (bicyclic) bond motifs is 1. The Morgan fingerprint density at radius 3 is 2.45 bits per heavy atom. The molecule has 1 amide bonds. The summed E-state index contributed by atoms with van der Waals surface area (Å²) < 4.78 is 31.2. The molecule has 3 saturated heterocycles. The second kappa shape index (κ2) is 14.3. The zero-order valence-corrected chi connectivity index (χ0v) is 23.9. The molecule has 38 heavy (non-hydrogen) atoms. The first-order valence-corrected chi connectivity index (χ1v) is 14.8. The number of carbonyl (C=O) groups is 1. The third kappa shape index (κ3) is 8.54. The number of carbonyl (C=O) groups excluding carboxylic acids is 1. The number of ether oxygens (including phenoxy) is 5. The topological polar surface area (TPSA) is 78.5 Å². The van der Waals surface area contributed by atoms with Gasteiger partial charge in [-0.1, -0.05) is 57.0 Å². The Balaban J connectivity index is 1.45. The van der Waals surface area contributed by atoms with Gasteiger partial charge in [-0.3, -0.25) is 10.2 Å². The Morgan fingerprint density at radius 1 is 1.05 bits per heavy atom. The van der Waals surface area contributed by atoms with Crippen LogP contribution in [0.4, 0.5) is 10.5 Å². The highest BCUT2D eigenvalue weighted by Crippen LogP contribution is 2.41. The van der Waals surface area contributed by atoms with Crippen molar-refractivity contribution in [2.75, 3.05) is 31.6 Å². The van der Waals surface area contributed by atoms with Gasteiger partial charge in [0.15, 0.2) is 12.1 Å². The van der Waals surface area contributed by atoms with Crippen molar-refractivity contribution in [2.45, 2.75) is 115 Å². The van der Waals surface area contributed by atoms with Gasteiger partial charge in [0.25, 0.3) is 0 Å². The number of nitrogens with one attached hydrogen (secondary N) is 1. The number of hydrogen-bond acceptors (Lipinski definition) is 7. The van der Waals surface area contributed by atoms with Crippen LogP contribution in [0.3, 0.4) is 0 Å². The van der Waals surface area contributed by atoms with Crippen molar-refractivity contribution < 1.29 is 28.5 Å². The Hall–Kier alpha value is -1.42. The van der Waals surface area contributed by atoms with Crippen molar-refractivity contribution in [1.82, 2.24) is 4.90 Å². The van der Waals surface area contributed by atoms with E-state index in [2.05, 4.69) is 17.1 Å². The largest absolute Gasteiger partial charge is 0.442 e. The molecule has 9 heteroatoms. The summed E-state index contributed by atoms with van der Waals surface area (Å²) in [5.41, 5.74) is 0.615. The third-order valence-corrected chi connectivity index (χ3v) is 7.68. The minimum Gasteiger partial charge on any atom is -0.442 e. The molecule has 4 rings (SSSR count). The van der Waals surface area contributed by atoms with E-state index < -0.39 is 36.5 Å². The number of nitrogens with zero attached hydrogens (tertiary/aromatic N) is 1. The Morgan fingerprint density at radius 2 is 1.74 bits per heavy atom. The van der Waals surface area contributed by atoms with Crippen molar-refractivity contribution in [1.29, 1.82) is 0 Å². The van der Waals surface area contributed by atoms with Crippen LogP contribution in [-0.2, 0) is 23.7 Å². The smallest absolute Gasteiger partial charge is 0.412 e. The first-order valence-electron chi connectivity index (χ1n) is 14.4. The summed E-state index contributed by atoms with van der Waals surface area (Å²) in [4.78, 5) is 15.4. The van der Waals surface area contributed by atoms with E-state index in [4.69, 9.17) is 35.3 Å². The SMILES string of the molecule is CCCCCCCO[C@H]1O[C@H](C(CN2CCCCCC2)OC(=O)Nc2ccc(Cl)cc2)[C@@H]2OC(C)(C)O[C@H]12. The normalized spacial score (nSPS) is 28.0. The molecule has 3 heterocycles. The molecule has 3 fully saturated rings. The first-order chi connectivity index (χ1) is 18.3. The zero-order chi connectivity index (χ0) is 27.0. The van der Waals surface area contributed by atoms with Gasteiger partial charge < -0.3 is 23.7 Å².